The number of allylic oxidation sites excluding steroid dienone is 4. The lowest BCUT2D eigenvalue weighted by atomic mass is 10.1. The molecule has 1 aliphatic heterocycles. The Bertz CT molecular complexity index is 297. The number of fused-ring (bicyclic) bond motifs is 1. The molecular formula is C10H12S. The predicted molar refractivity (Wildman–Crippen MR) is 51.6 cm³/mol. The summed E-state index contributed by atoms with van der Waals surface area (Å²) in [4.78, 5) is 1.53. The van der Waals surface area contributed by atoms with Gasteiger partial charge in [0.05, 0.1) is 0 Å². The van der Waals surface area contributed by atoms with Crippen molar-refractivity contribution in [3.05, 3.63) is 33.3 Å². The third-order valence-corrected chi connectivity index (χ3v) is 3.78. The van der Waals surface area contributed by atoms with E-state index in [9.17, 15) is 0 Å². The van der Waals surface area contributed by atoms with Gasteiger partial charge in [0.15, 0.2) is 0 Å². The highest BCUT2D eigenvalue weighted by atomic mass is 32.2. The summed E-state index contributed by atoms with van der Waals surface area (Å²) >= 11 is 1.97. The minimum atomic E-state index is 1.17. The highest BCUT2D eigenvalue weighted by molar-refractivity contribution is 8.03. The maximum atomic E-state index is 2.34. The molecule has 0 spiro atoms. The van der Waals surface area contributed by atoms with Gasteiger partial charge in [-0.05, 0) is 43.1 Å². The first-order valence-electron chi connectivity index (χ1n) is 3.94. The molecule has 1 heteroatoms. The first-order chi connectivity index (χ1) is 5.22. The van der Waals surface area contributed by atoms with Gasteiger partial charge in [-0.1, -0.05) is 6.08 Å². The Labute approximate surface area is 72.1 Å². The Morgan fingerprint density at radius 2 is 1.82 bits per heavy atom. The molecule has 0 aromatic carbocycles. The number of hydrogen-bond acceptors (Lipinski definition) is 1. The van der Waals surface area contributed by atoms with E-state index in [0.29, 0.717) is 0 Å². The van der Waals surface area contributed by atoms with E-state index in [1.165, 1.54) is 33.0 Å². The summed E-state index contributed by atoms with van der Waals surface area (Å²) < 4.78 is 0. The van der Waals surface area contributed by atoms with Crippen molar-refractivity contribution < 1.29 is 0 Å². The van der Waals surface area contributed by atoms with Crippen molar-refractivity contribution in [1.82, 2.24) is 0 Å². The van der Waals surface area contributed by atoms with Crippen molar-refractivity contribution in [2.75, 3.05) is 5.75 Å². The Kier molecular flexibility index (Phi) is 1.50. The molecule has 0 atom stereocenters. The van der Waals surface area contributed by atoms with E-state index in [1.54, 1.807) is 0 Å². The average Bonchev–Trinajstić information content (AvgIpc) is 2.53. The minimum absolute atomic E-state index is 1.17. The van der Waals surface area contributed by atoms with Crippen LogP contribution in [0.25, 0.3) is 0 Å². The van der Waals surface area contributed by atoms with Crippen LogP contribution in [0, 0.1) is 0 Å². The van der Waals surface area contributed by atoms with E-state index in [0.717, 1.165) is 0 Å². The van der Waals surface area contributed by atoms with Crippen LogP contribution in [-0.4, -0.2) is 5.75 Å². The van der Waals surface area contributed by atoms with Crippen LogP contribution in [-0.2, 0) is 0 Å². The van der Waals surface area contributed by atoms with E-state index < -0.39 is 0 Å². The van der Waals surface area contributed by atoms with Gasteiger partial charge < -0.3 is 0 Å². The molecule has 0 bridgehead atoms. The molecule has 0 aromatic heterocycles. The summed E-state index contributed by atoms with van der Waals surface area (Å²) in [5, 5.41) is 0. The molecule has 11 heavy (non-hydrogen) atoms. The second-order valence-electron chi connectivity index (χ2n) is 3.13. The average molecular weight is 164 g/mol. The first-order valence-corrected chi connectivity index (χ1v) is 4.93. The van der Waals surface area contributed by atoms with Gasteiger partial charge in [-0.2, -0.15) is 0 Å². The van der Waals surface area contributed by atoms with Gasteiger partial charge >= 0.3 is 0 Å². The summed E-state index contributed by atoms with van der Waals surface area (Å²) in [6.45, 7) is 6.67. The normalized spacial score (nSPS) is 23.0. The minimum Gasteiger partial charge on any atom is -0.121 e. The van der Waals surface area contributed by atoms with Crippen LogP contribution in [0.1, 0.15) is 20.8 Å². The SMILES string of the molecule is CC1=C(C)C(C)=C2SCC=C12. The molecule has 1 aliphatic carbocycles. The molecule has 0 nitrogen and oxygen atoms in total. The van der Waals surface area contributed by atoms with Crippen LogP contribution in [0.2, 0.25) is 0 Å². The van der Waals surface area contributed by atoms with Crippen LogP contribution in [0.4, 0.5) is 0 Å². The molecule has 0 fully saturated rings. The third-order valence-electron chi connectivity index (χ3n) is 2.63. The Balaban J connectivity index is 2.59. The highest BCUT2D eigenvalue weighted by Gasteiger charge is 2.24. The molecule has 0 aromatic rings. The second-order valence-corrected chi connectivity index (χ2v) is 4.16. The molecule has 2 rings (SSSR count). The van der Waals surface area contributed by atoms with E-state index >= 15 is 0 Å². The summed E-state index contributed by atoms with van der Waals surface area (Å²) in [6, 6.07) is 0. The number of thioether (sulfide) groups is 1. The summed E-state index contributed by atoms with van der Waals surface area (Å²) in [5.41, 5.74) is 5.97. The molecular weight excluding hydrogens is 152 g/mol. The van der Waals surface area contributed by atoms with Gasteiger partial charge in [0.2, 0.25) is 0 Å². The van der Waals surface area contributed by atoms with Crippen LogP contribution in [0.3, 0.4) is 0 Å². The zero-order chi connectivity index (χ0) is 8.01. The number of hydrogen-bond donors (Lipinski definition) is 0. The lowest BCUT2D eigenvalue weighted by Gasteiger charge is -1.96. The standard InChI is InChI=1S/C10H12S/c1-6-7(2)9-4-5-11-10(9)8(6)3/h4H,5H2,1-3H3. The lowest BCUT2D eigenvalue weighted by molar-refractivity contribution is 1.32. The monoisotopic (exact) mass is 164 g/mol. The second kappa shape index (κ2) is 2.28. The summed E-state index contributed by atoms with van der Waals surface area (Å²) in [5.74, 6) is 1.17. The van der Waals surface area contributed by atoms with Gasteiger partial charge in [0.25, 0.3) is 0 Å². The zero-order valence-corrected chi connectivity index (χ0v) is 8.01. The molecule has 1 heterocycles. The summed E-state index contributed by atoms with van der Waals surface area (Å²) in [6.07, 6.45) is 2.34. The first kappa shape index (κ1) is 7.23. The van der Waals surface area contributed by atoms with Gasteiger partial charge in [0, 0.05) is 10.7 Å². The van der Waals surface area contributed by atoms with Crippen molar-refractivity contribution in [3.63, 3.8) is 0 Å². The Morgan fingerprint density at radius 1 is 1.09 bits per heavy atom. The largest absolute Gasteiger partial charge is 0.121 e. The van der Waals surface area contributed by atoms with Crippen molar-refractivity contribution in [1.29, 1.82) is 0 Å². The maximum absolute atomic E-state index is 2.34. The molecule has 0 amide bonds. The number of rotatable bonds is 0. The van der Waals surface area contributed by atoms with Gasteiger partial charge in [-0.25, -0.2) is 0 Å². The van der Waals surface area contributed by atoms with Crippen molar-refractivity contribution in [2.24, 2.45) is 0 Å². The van der Waals surface area contributed by atoms with E-state index in [-0.39, 0.29) is 0 Å². The van der Waals surface area contributed by atoms with Crippen LogP contribution in [0.5, 0.6) is 0 Å². The van der Waals surface area contributed by atoms with Crippen molar-refractivity contribution >= 4 is 11.8 Å². The van der Waals surface area contributed by atoms with E-state index in [4.69, 9.17) is 0 Å². The van der Waals surface area contributed by atoms with Gasteiger partial charge in [-0.15, -0.1) is 11.8 Å². The van der Waals surface area contributed by atoms with Crippen molar-refractivity contribution in [3.8, 4) is 0 Å². The molecule has 0 radical (unpaired) electrons. The maximum Gasteiger partial charge on any atom is 0.0179 e. The fraction of sp³-hybridized carbons (Fsp3) is 0.400. The molecule has 0 N–H and O–H groups in total. The zero-order valence-electron chi connectivity index (χ0n) is 7.19. The quantitative estimate of drug-likeness (QED) is 0.529. The van der Waals surface area contributed by atoms with E-state index in [1.807, 2.05) is 11.8 Å². The molecule has 0 unspecified atom stereocenters. The van der Waals surface area contributed by atoms with E-state index in [2.05, 4.69) is 26.8 Å². The predicted octanol–water partition coefficient (Wildman–Crippen LogP) is 3.28. The third kappa shape index (κ3) is 0.839. The Morgan fingerprint density at radius 3 is 2.45 bits per heavy atom. The fourth-order valence-corrected chi connectivity index (χ4v) is 2.84. The smallest absolute Gasteiger partial charge is 0.0179 e. The van der Waals surface area contributed by atoms with Gasteiger partial charge in [0.1, 0.15) is 0 Å². The van der Waals surface area contributed by atoms with Crippen molar-refractivity contribution in [2.45, 2.75) is 20.8 Å². The Hall–Kier alpha value is -0.430. The van der Waals surface area contributed by atoms with Crippen LogP contribution < -0.4 is 0 Å². The van der Waals surface area contributed by atoms with Crippen LogP contribution in [0.15, 0.2) is 33.3 Å². The molecule has 58 valence electrons. The molecule has 2 aliphatic rings. The molecule has 0 saturated heterocycles. The summed E-state index contributed by atoms with van der Waals surface area (Å²) in [7, 11) is 0. The van der Waals surface area contributed by atoms with Crippen LogP contribution >= 0.6 is 11.8 Å². The molecule has 0 saturated carbocycles. The lowest BCUT2D eigenvalue weighted by Crippen LogP contribution is -1.77. The topological polar surface area (TPSA) is 0 Å². The van der Waals surface area contributed by atoms with Gasteiger partial charge in [-0.3, -0.25) is 0 Å². The highest BCUT2D eigenvalue weighted by Crippen LogP contribution is 2.45. The fourth-order valence-electron chi connectivity index (χ4n) is 1.67.